The number of fused-ring (bicyclic) bond motifs is 1. The summed E-state index contributed by atoms with van der Waals surface area (Å²) in [5.74, 6) is 0. The topological polar surface area (TPSA) is 46.3 Å². The van der Waals surface area contributed by atoms with Gasteiger partial charge in [-0.25, -0.2) is 9.50 Å². The van der Waals surface area contributed by atoms with Crippen LogP contribution in [0.4, 0.5) is 0 Å². The summed E-state index contributed by atoms with van der Waals surface area (Å²) in [6.45, 7) is 3.69. The Hall–Kier alpha value is -2.27. The van der Waals surface area contributed by atoms with Crippen LogP contribution in [0.25, 0.3) is 16.9 Å². The van der Waals surface area contributed by atoms with Crippen molar-refractivity contribution >= 4 is 5.65 Å². The van der Waals surface area contributed by atoms with Crippen molar-refractivity contribution in [2.75, 3.05) is 19.6 Å². The van der Waals surface area contributed by atoms with Gasteiger partial charge in [0.25, 0.3) is 0 Å². The van der Waals surface area contributed by atoms with Gasteiger partial charge in [0.2, 0.25) is 0 Å². The average Bonchev–Trinajstić information content (AvgIpc) is 3.10. The predicted molar refractivity (Wildman–Crippen MR) is 90.2 cm³/mol. The van der Waals surface area contributed by atoms with Crippen molar-refractivity contribution in [1.29, 1.82) is 0 Å². The van der Waals surface area contributed by atoms with Crippen LogP contribution in [0.2, 0.25) is 0 Å². The standard InChI is InChI=1S/C18H21N5/c1-2-9-22(10-3-1)11-8-15-4-6-16(7-5-15)17-12-19-13-18-20-14-21-23(17)18/h4-7,12-14H,1-3,8-11H2. The second-order valence-corrected chi connectivity index (χ2v) is 6.17. The zero-order valence-corrected chi connectivity index (χ0v) is 13.2. The maximum Gasteiger partial charge on any atom is 0.174 e. The highest BCUT2D eigenvalue weighted by Crippen LogP contribution is 2.19. The van der Waals surface area contributed by atoms with Gasteiger partial charge in [0, 0.05) is 12.1 Å². The minimum Gasteiger partial charge on any atom is -0.303 e. The van der Waals surface area contributed by atoms with Gasteiger partial charge in [-0.1, -0.05) is 30.7 Å². The van der Waals surface area contributed by atoms with Gasteiger partial charge >= 0.3 is 0 Å². The quantitative estimate of drug-likeness (QED) is 0.743. The van der Waals surface area contributed by atoms with Gasteiger partial charge in [0.1, 0.15) is 6.33 Å². The summed E-state index contributed by atoms with van der Waals surface area (Å²) >= 11 is 0. The van der Waals surface area contributed by atoms with Crippen LogP contribution < -0.4 is 0 Å². The molecule has 0 N–H and O–H groups in total. The lowest BCUT2D eigenvalue weighted by atomic mass is 10.1. The van der Waals surface area contributed by atoms with E-state index in [0.717, 1.165) is 23.3 Å². The molecule has 5 nitrogen and oxygen atoms in total. The van der Waals surface area contributed by atoms with Crippen LogP contribution in [0, 0.1) is 0 Å². The van der Waals surface area contributed by atoms with Crippen molar-refractivity contribution in [2.45, 2.75) is 25.7 Å². The van der Waals surface area contributed by atoms with E-state index in [1.54, 1.807) is 12.5 Å². The number of nitrogens with zero attached hydrogens (tertiary/aromatic N) is 5. The summed E-state index contributed by atoms with van der Waals surface area (Å²) in [5, 5.41) is 4.27. The Morgan fingerprint density at radius 1 is 0.957 bits per heavy atom. The molecular weight excluding hydrogens is 286 g/mol. The summed E-state index contributed by atoms with van der Waals surface area (Å²) < 4.78 is 1.83. The van der Waals surface area contributed by atoms with Crippen LogP contribution in [0.1, 0.15) is 24.8 Å². The van der Waals surface area contributed by atoms with Gasteiger partial charge in [-0.2, -0.15) is 5.10 Å². The molecule has 23 heavy (non-hydrogen) atoms. The fourth-order valence-electron chi connectivity index (χ4n) is 3.26. The highest BCUT2D eigenvalue weighted by atomic mass is 15.3. The van der Waals surface area contributed by atoms with Gasteiger partial charge in [-0.15, -0.1) is 0 Å². The van der Waals surface area contributed by atoms with Gasteiger partial charge in [0.05, 0.1) is 18.1 Å². The fraction of sp³-hybridized carbons (Fsp3) is 0.389. The molecule has 0 unspecified atom stereocenters. The Morgan fingerprint density at radius 3 is 2.61 bits per heavy atom. The molecule has 0 amide bonds. The van der Waals surface area contributed by atoms with E-state index >= 15 is 0 Å². The highest BCUT2D eigenvalue weighted by molar-refractivity contribution is 5.61. The molecule has 0 spiro atoms. The van der Waals surface area contributed by atoms with Gasteiger partial charge in [0.15, 0.2) is 5.65 Å². The lowest BCUT2D eigenvalue weighted by molar-refractivity contribution is 0.231. The SMILES string of the molecule is c1nc2cncc(-c3ccc(CCN4CCCCC4)cc3)n2n1. The highest BCUT2D eigenvalue weighted by Gasteiger charge is 2.10. The van der Waals surface area contributed by atoms with Crippen LogP contribution in [0.15, 0.2) is 43.0 Å². The smallest absolute Gasteiger partial charge is 0.174 e. The Bertz CT molecular complexity index is 771. The summed E-state index contributed by atoms with van der Waals surface area (Å²) in [5.41, 5.74) is 4.26. The van der Waals surface area contributed by atoms with Crippen molar-refractivity contribution in [3.8, 4) is 11.3 Å². The average molecular weight is 307 g/mol. The third kappa shape index (κ3) is 3.10. The van der Waals surface area contributed by atoms with Gasteiger partial charge in [-0.05, 0) is 37.9 Å². The molecule has 4 rings (SSSR count). The van der Waals surface area contributed by atoms with Crippen molar-refractivity contribution in [3.05, 3.63) is 48.5 Å². The molecule has 1 aliphatic rings. The van der Waals surface area contributed by atoms with E-state index in [1.807, 2.05) is 10.7 Å². The molecule has 3 heterocycles. The van der Waals surface area contributed by atoms with Crippen LogP contribution in [0.5, 0.6) is 0 Å². The molecule has 1 aliphatic heterocycles. The third-order valence-electron chi connectivity index (χ3n) is 4.60. The molecule has 0 bridgehead atoms. The van der Waals surface area contributed by atoms with Gasteiger partial charge in [-0.3, -0.25) is 4.98 Å². The van der Waals surface area contributed by atoms with E-state index in [2.05, 4.69) is 44.2 Å². The van der Waals surface area contributed by atoms with E-state index in [9.17, 15) is 0 Å². The van der Waals surface area contributed by atoms with E-state index in [1.165, 1.54) is 44.5 Å². The first-order valence-electron chi connectivity index (χ1n) is 8.35. The summed E-state index contributed by atoms with van der Waals surface area (Å²) in [4.78, 5) is 11.0. The van der Waals surface area contributed by atoms with Gasteiger partial charge < -0.3 is 4.90 Å². The summed E-state index contributed by atoms with van der Waals surface area (Å²) in [7, 11) is 0. The monoisotopic (exact) mass is 307 g/mol. The molecule has 5 heteroatoms. The maximum atomic E-state index is 4.27. The van der Waals surface area contributed by atoms with E-state index in [4.69, 9.17) is 0 Å². The number of hydrogen-bond acceptors (Lipinski definition) is 4. The second kappa shape index (κ2) is 6.46. The molecule has 0 aliphatic carbocycles. The fourth-order valence-corrected chi connectivity index (χ4v) is 3.26. The van der Waals surface area contributed by atoms with Crippen molar-refractivity contribution in [3.63, 3.8) is 0 Å². The zero-order valence-electron chi connectivity index (χ0n) is 13.2. The number of aromatic nitrogens is 4. The molecular formula is C18H21N5. The maximum absolute atomic E-state index is 4.27. The number of piperidine rings is 1. The molecule has 0 saturated carbocycles. The summed E-state index contributed by atoms with van der Waals surface area (Å²) in [6.07, 6.45) is 10.3. The molecule has 118 valence electrons. The van der Waals surface area contributed by atoms with E-state index in [-0.39, 0.29) is 0 Å². The molecule has 1 saturated heterocycles. The minimum atomic E-state index is 0.775. The summed E-state index contributed by atoms with van der Waals surface area (Å²) in [6, 6.07) is 8.75. The van der Waals surface area contributed by atoms with Crippen LogP contribution in [-0.4, -0.2) is 44.1 Å². The number of hydrogen-bond donors (Lipinski definition) is 0. The van der Waals surface area contributed by atoms with Crippen molar-refractivity contribution in [2.24, 2.45) is 0 Å². The Kier molecular flexibility index (Phi) is 4.03. The first kappa shape index (κ1) is 14.3. The lowest BCUT2D eigenvalue weighted by Crippen LogP contribution is -2.31. The predicted octanol–water partition coefficient (Wildman–Crippen LogP) is 2.82. The van der Waals surface area contributed by atoms with E-state index < -0.39 is 0 Å². The number of benzene rings is 1. The second-order valence-electron chi connectivity index (χ2n) is 6.17. The Labute approximate surface area is 136 Å². The zero-order chi connectivity index (χ0) is 15.5. The largest absolute Gasteiger partial charge is 0.303 e. The van der Waals surface area contributed by atoms with Crippen LogP contribution >= 0.6 is 0 Å². The van der Waals surface area contributed by atoms with Crippen LogP contribution in [0.3, 0.4) is 0 Å². The van der Waals surface area contributed by atoms with Crippen molar-refractivity contribution in [1.82, 2.24) is 24.5 Å². The van der Waals surface area contributed by atoms with Crippen molar-refractivity contribution < 1.29 is 0 Å². The third-order valence-corrected chi connectivity index (χ3v) is 4.60. The Balaban J connectivity index is 1.48. The molecule has 2 aromatic heterocycles. The minimum absolute atomic E-state index is 0.775. The lowest BCUT2D eigenvalue weighted by Gasteiger charge is -2.26. The number of rotatable bonds is 4. The molecule has 1 fully saturated rings. The number of likely N-dealkylation sites (tertiary alicyclic amines) is 1. The molecule has 3 aromatic rings. The normalized spacial score (nSPS) is 16.0. The molecule has 0 atom stereocenters. The van der Waals surface area contributed by atoms with E-state index in [0.29, 0.717) is 0 Å². The first-order valence-corrected chi connectivity index (χ1v) is 8.35. The molecule has 0 radical (unpaired) electrons. The Morgan fingerprint density at radius 2 is 1.78 bits per heavy atom. The molecule has 1 aromatic carbocycles. The van der Waals surface area contributed by atoms with Crippen LogP contribution in [-0.2, 0) is 6.42 Å². The first-order chi connectivity index (χ1) is 11.4.